The van der Waals surface area contributed by atoms with E-state index in [0.29, 0.717) is 6.54 Å². The van der Waals surface area contributed by atoms with Crippen molar-refractivity contribution < 1.29 is 13.9 Å². The van der Waals surface area contributed by atoms with Gasteiger partial charge in [0.1, 0.15) is 6.61 Å². The molecule has 2 heterocycles. The Morgan fingerprint density at radius 3 is 2.87 bits per heavy atom. The zero-order valence-corrected chi connectivity index (χ0v) is 13.4. The Kier molecular flexibility index (Phi) is 3.83. The summed E-state index contributed by atoms with van der Waals surface area (Å²) in [6.07, 6.45) is 1.33. The Hall–Kier alpha value is -2.37. The third kappa shape index (κ3) is 3.36. The Balaban J connectivity index is 1.65. The van der Waals surface area contributed by atoms with Gasteiger partial charge >= 0.3 is 0 Å². The molecule has 0 unspecified atom stereocenters. The van der Waals surface area contributed by atoms with Crippen molar-refractivity contribution in [3.05, 3.63) is 52.2 Å². The number of hydrogen-bond acceptors (Lipinski definition) is 4. The molecule has 1 aliphatic rings. The fourth-order valence-electron chi connectivity index (χ4n) is 2.41. The molecule has 0 radical (unpaired) electrons. The van der Waals surface area contributed by atoms with E-state index in [9.17, 15) is 9.18 Å². The fraction of sp³-hybridized carbons (Fsp3) is 0.412. The summed E-state index contributed by atoms with van der Waals surface area (Å²) < 4.78 is 26.9. The van der Waals surface area contributed by atoms with E-state index in [1.807, 2.05) is 26.8 Å². The number of aromatic nitrogens is 2. The van der Waals surface area contributed by atoms with Crippen molar-refractivity contribution in [1.29, 1.82) is 0 Å². The van der Waals surface area contributed by atoms with Crippen molar-refractivity contribution in [3.8, 4) is 11.8 Å². The second kappa shape index (κ2) is 5.68. The normalized spacial score (nSPS) is 16.8. The molecule has 5 nitrogen and oxygen atoms in total. The van der Waals surface area contributed by atoms with Crippen LogP contribution in [0.1, 0.15) is 26.3 Å². The topological polar surface area (TPSA) is 53.4 Å². The zero-order valence-electron chi connectivity index (χ0n) is 13.4. The van der Waals surface area contributed by atoms with Crippen LogP contribution in [0.25, 0.3) is 0 Å². The maximum atomic E-state index is 14.1. The van der Waals surface area contributed by atoms with Gasteiger partial charge < -0.3 is 9.47 Å². The van der Waals surface area contributed by atoms with Gasteiger partial charge in [-0.3, -0.25) is 9.36 Å². The van der Waals surface area contributed by atoms with Crippen LogP contribution >= 0.6 is 0 Å². The molecule has 122 valence electrons. The minimum Gasteiger partial charge on any atom is -0.487 e. The maximum Gasteiger partial charge on any atom is 0.300 e. The lowest BCUT2D eigenvalue weighted by atomic mass is 9.87. The number of ether oxygens (including phenoxy) is 2. The van der Waals surface area contributed by atoms with Gasteiger partial charge in [-0.1, -0.05) is 26.8 Å². The summed E-state index contributed by atoms with van der Waals surface area (Å²) in [6, 6.07) is 6.65. The van der Waals surface area contributed by atoms with Gasteiger partial charge in [0.15, 0.2) is 17.7 Å². The van der Waals surface area contributed by atoms with Crippen LogP contribution < -0.4 is 15.0 Å². The predicted molar refractivity (Wildman–Crippen MR) is 83.5 cm³/mol. The van der Waals surface area contributed by atoms with E-state index in [-0.39, 0.29) is 41.3 Å². The minimum absolute atomic E-state index is 0.117. The Labute approximate surface area is 133 Å². The number of halogens is 1. The summed E-state index contributed by atoms with van der Waals surface area (Å²) in [5, 5.41) is 0. The first-order chi connectivity index (χ1) is 10.8. The summed E-state index contributed by atoms with van der Waals surface area (Å²) in [7, 11) is 0. The van der Waals surface area contributed by atoms with Crippen LogP contribution in [0, 0.1) is 5.82 Å². The smallest absolute Gasteiger partial charge is 0.300 e. The average Bonchev–Trinajstić information content (AvgIpc) is 2.86. The molecule has 0 saturated heterocycles. The molecule has 1 aromatic carbocycles. The van der Waals surface area contributed by atoms with Crippen LogP contribution in [0.4, 0.5) is 4.39 Å². The van der Waals surface area contributed by atoms with Crippen LogP contribution in [0.3, 0.4) is 0 Å². The molecular formula is C17H19FN2O3. The summed E-state index contributed by atoms with van der Waals surface area (Å²) in [6.45, 7) is 6.79. The second-order valence-corrected chi connectivity index (χ2v) is 6.65. The molecule has 6 heteroatoms. The molecule has 1 aromatic heterocycles. The van der Waals surface area contributed by atoms with Crippen molar-refractivity contribution in [3.63, 3.8) is 0 Å². The first-order valence-electron chi connectivity index (χ1n) is 7.50. The second-order valence-electron chi connectivity index (χ2n) is 6.65. The van der Waals surface area contributed by atoms with Gasteiger partial charge in [0.25, 0.3) is 11.6 Å². The molecule has 1 atom stereocenters. The van der Waals surface area contributed by atoms with Gasteiger partial charge in [-0.05, 0) is 23.1 Å². The maximum absolute atomic E-state index is 14.1. The molecule has 3 rings (SSSR count). The Morgan fingerprint density at radius 1 is 1.39 bits per heavy atom. The van der Waals surface area contributed by atoms with Gasteiger partial charge in [-0.15, -0.1) is 0 Å². The summed E-state index contributed by atoms with van der Waals surface area (Å²) in [4.78, 5) is 15.0. The summed E-state index contributed by atoms with van der Waals surface area (Å²) in [5.41, 5.74) is 0.449. The van der Waals surface area contributed by atoms with Crippen LogP contribution in [0.2, 0.25) is 0 Å². The van der Waals surface area contributed by atoms with Crippen LogP contribution in [0.5, 0.6) is 11.8 Å². The first kappa shape index (κ1) is 15.5. The third-order valence-electron chi connectivity index (χ3n) is 3.74. The molecule has 0 spiro atoms. The minimum atomic E-state index is -0.388. The number of fused-ring (bicyclic) bond motifs is 1. The summed E-state index contributed by atoms with van der Waals surface area (Å²) >= 11 is 0. The van der Waals surface area contributed by atoms with Gasteiger partial charge in [0.05, 0.1) is 6.54 Å². The Morgan fingerprint density at radius 2 is 2.17 bits per heavy atom. The quantitative estimate of drug-likeness (QED) is 0.872. The van der Waals surface area contributed by atoms with Crippen molar-refractivity contribution in [2.24, 2.45) is 0 Å². The number of rotatable bonds is 3. The lowest BCUT2D eigenvalue weighted by molar-refractivity contribution is 0.140. The van der Waals surface area contributed by atoms with E-state index in [1.54, 1.807) is 16.8 Å². The van der Waals surface area contributed by atoms with Crippen LogP contribution in [-0.4, -0.2) is 22.3 Å². The highest BCUT2D eigenvalue weighted by Gasteiger charge is 2.24. The first-order valence-corrected chi connectivity index (χ1v) is 7.50. The van der Waals surface area contributed by atoms with E-state index in [2.05, 4.69) is 4.98 Å². The number of hydrogen-bond donors (Lipinski definition) is 0. The molecule has 0 amide bonds. The van der Waals surface area contributed by atoms with Crippen LogP contribution in [-0.2, 0) is 12.0 Å². The largest absolute Gasteiger partial charge is 0.487 e. The van der Waals surface area contributed by atoms with Crippen molar-refractivity contribution in [2.75, 3.05) is 6.61 Å². The van der Waals surface area contributed by atoms with Crippen LogP contribution in [0.15, 0.2) is 35.3 Å². The lowest BCUT2D eigenvalue weighted by Crippen LogP contribution is -2.23. The molecule has 2 aromatic rings. The fourth-order valence-corrected chi connectivity index (χ4v) is 2.41. The lowest BCUT2D eigenvalue weighted by Gasteiger charge is -2.20. The highest BCUT2D eigenvalue weighted by atomic mass is 19.1. The van der Waals surface area contributed by atoms with Gasteiger partial charge in [-0.2, -0.15) is 4.98 Å². The van der Waals surface area contributed by atoms with E-state index in [1.165, 1.54) is 12.1 Å². The van der Waals surface area contributed by atoms with Crippen molar-refractivity contribution in [1.82, 2.24) is 9.55 Å². The number of nitrogens with zero attached hydrogens (tertiary/aromatic N) is 2. The molecule has 0 fully saturated rings. The average molecular weight is 318 g/mol. The predicted octanol–water partition coefficient (Wildman–Crippen LogP) is 2.52. The molecule has 0 saturated carbocycles. The van der Waals surface area contributed by atoms with E-state index >= 15 is 0 Å². The zero-order chi connectivity index (χ0) is 16.6. The molecule has 0 N–H and O–H groups in total. The monoisotopic (exact) mass is 318 g/mol. The Bertz CT molecular complexity index is 780. The van der Waals surface area contributed by atoms with Gasteiger partial charge in [0.2, 0.25) is 0 Å². The van der Waals surface area contributed by atoms with E-state index in [0.717, 1.165) is 5.56 Å². The molecular weight excluding hydrogens is 299 g/mol. The van der Waals surface area contributed by atoms with Gasteiger partial charge in [0, 0.05) is 12.3 Å². The third-order valence-corrected chi connectivity index (χ3v) is 3.74. The van der Waals surface area contributed by atoms with Gasteiger partial charge in [-0.25, -0.2) is 4.39 Å². The van der Waals surface area contributed by atoms with Crippen molar-refractivity contribution >= 4 is 0 Å². The standard InChI is InChI=1S/C17H19FN2O3/c1-17(2,3)11-4-5-14(13(18)8-11)22-10-12-9-20-7-6-15(21)19-16(20)23-12/h4-8,12H,9-10H2,1-3H3/t12-/m0/s1. The van der Waals surface area contributed by atoms with E-state index < -0.39 is 0 Å². The highest BCUT2D eigenvalue weighted by molar-refractivity contribution is 5.32. The van der Waals surface area contributed by atoms with Crippen molar-refractivity contribution in [2.45, 2.75) is 38.8 Å². The molecule has 23 heavy (non-hydrogen) atoms. The molecule has 0 aliphatic carbocycles. The SMILES string of the molecule is CC(C)(C)c1ccc(OC[C@@H]2Cn3ccc(=O)nc3O2)c(F)c1. The molecule has 1 aliphatic heterocycles. The summed E-state index contributed by atoms with van der Waals surface area (Å²) in [5.74, 6) is -0.194. The highest BCUT2D eigenvalue weighted by Crippen LogP contribution is 2.27. The number of benzene rings is 1. The molecule has 0 bridgehead atoms. The van der Waals surface area contributed by atoms with E-state index in [4.69, 9.17) is 9.47 Å².